The van der Waals surface area contributed by atoms with Gasteiger partial charge in [0.05, 0.1) is 27.7 Å². The Morgan fingerprint density at radius 2 is 1.75 bits per heavy atom. The monoisotopic (exact) mass is 235 g/mol. The molecule has 74 valence electrons. The summed E-state index contributed by atoms with van der Waals surface area (Å²) in [5.74, 6) is 2.00. The van der Waals surface area contributed by atoms with Crippen molar-refractivity contribution < 1.29 is 21.5 Å². The summed E-state index contributed by atoms with van der Waals surface area (Å²) in [6.45, 7) is 3.75. The van der Waals surface area contributed by atoms with Gasteiger partial charge < -0.3 is 21.5 Å². The molecule has 0 spiro atoms. The summed E-state index contributed by atoms with van der Waals surface area (Å²) in [6.07, 6.45) is 4.40. The molecule has 2 atom stereocenters. The van der Waals surface area contributed by atoms with E-state index in [0.29, 0.717) is 0 Å². The molecule has 0 radical (unpaired) electrons. The van der Waals surface area contributed by atoms with Crippen LogP contribution in [-0.4, -0.2) is 32.2 Å². The first-order chi connectivity index (χ1) is 4.97. The van der Waals surface area contributed by atoms with E-state index in [2.05, 4.69) is 28.1 Å². The zero-order chi connectivity index (χ0) is 8.48. The highest BCUT2D eigenvalue weighted by Gasteiger charge is 2.25. The van der Waals surface area contributed by atoms with Gasteiger partial charge in [0.2, 0.25) is 0 Å². The first-order valence-corrected chi connectivity index (χ1v) is 4.78. The molecule has 0 amide bonds. The van der Waals surface area contributed by atoms with E-state index in [9.17, 15) is 0 Å². The third kappa shape index (κ3) is 4.46. The lowest BCUT2D eigenvalue weighted by Gasteiger charge is -2.27. The summed E-state index contributed by atoms with van der Waals surface area (Å²) in [5, 5.41) is 0. The number of rotatable bonds is 2. The Labute approximate surface area is 87.5 Å². The van der Waals surface area contributed by atoms with Gasteiger partial charge in [-0.1, -0.05) is 13.3 Å². The molecule has 0 aromatic rings. The smallest absolute Gasteiger partial charge is 0.0809 e. The average Bonchev–Trinajstić information content (AvgIpc) is 2.10. The topological polar surface area (TPSA) is 0 Å². The molecule has 1 rings (SSSR count). The number of nitrogens with zero attached hydrogens (tertiary/aromatic N) is 1. The Hall–Kier alpha value is 0.440. The highest BCUT2D eigenvalue weighted by atomic mass is 79.9. The largest absolute Gasteiger partial charge is 1.00 e. The number of hydrogen-bond donors (Lipinski definition) is 0. The van der Waals surface area contributed by atoms with Crippen molar-refractivity contribution in [2.75, 3.05) is 27.7 Å². The summed E-state index contributed by atoms with van der Waals surface area (Å²) in [4.78, 5) is 0. The maximum absolute atomic E-state index is 2.38. The molecule has 0 saturated heterocycles. The van der Waals surface area contributed by atoms with E-state index < -0.39 is 0 Å². The van der Waals surface area contributed by atoms with E-state index in [1.54, 1.807) is 0 Å². The Morgan fingerprint density at radius 1 is 1.17 bits per heavy atom. The van der Waals surface area contributed by atoms with Gasteiger partial charge in [-0.05, 0) is 18.8 Å². The molecule has 0 aliphatic heterocycles. The van der Waals surface area contributed by atoms with Crippen LogP contribution in [0.15, 0.2) is 0 Å². The van der Waals surface area contributed by atoms with Crippen LogP contribution in [0.2, 0.25) is 0 Å². The normalized spacial score (nSPS) is 30.0. The van der Waals surface area contributed by atoms with Gasteiger partial charge in [-0.3, -0.25) is 0 Å². The van der Waals surface area contributed by atoms with Crippen molar-refractivity contribution in [3.8, 4) is 0 Å². The molecule has 2 heteroatoms. The second-order valence-corrected chi connectivity index (χ2v) is 5.26. The van der Waals surface area contributed by atoms with Crippen LogP contribution in [0.3, 0.4) is 0 Å². The van der Waals surface area contributed by atoms with Crippen LogP contribution in [0.4, 0.5) is 0 Å². The second-order valence-electron chi connectivity index (χ2n) is 5.26. The van der Waals surface area contributed by atoms with Crippen LogP contribution in [-0.2, 0) is 0 Å². The van der Waals surface area contributed by atoms with Crippen molar-refractivity contribution in [2.45, 2.75) is 26.2 Å². The standard InChI is InChI=1S/C10H22N.BrH/c1-9-5-6-10(7-9)8-11(2,3)4;/h9-10H,5-8H2,1-4H3;1H/q+1;/p-1. The molecule has 0 N–H and O–H groups in total. The third-order valence-electron chi connectivity index (χ3n) is 2.61. The SMILES string of the molecule is CC1CCC(C[N+](C)(C)C)C1.[Br-]. The number of hydrogen-bond acceptors (Lipinski definition) is 0. The van der Waals surface area contributed by atoms with Gasteiger partial charge in [0.15, 0.2) is 0 Å². The highest BCUT2D eigenvalue weighted by Crippen LogP contribution is 2.31. The molecule has 0 aromatic carbocycles. The lowest BCUT2D eigenvalue weighted by atomic mass is 10.1. The van der Waals surface area contributed by atoms with Crippen molar-refractivity contribution in [3.05, 3.63) is 0 Å². The zero-order valence-corrected chi connectivity index (χ0v) is 10.4. The van der Waals surface area contributed by atoms with E-state index in [-0.39, 0.29) is 17.0 Å². The Morgan fingerprint density at radius 3 is 2.08 bits per heavy atom. The van der Waals surface area contributed by atoms with Crippen molar-refractivity contribution in [2.24, 2.45) is 11.8 Å². The van der Waals surface area contributed by atoms with Crippen molar-refractivity contribution in [3.63, 3.8) is 0 Å². The van der Waals surface area contributed by atoms with Gasteiger partial charge in [0, 0.05) is 5.92 Å². The van der Waals surface area contributed by atoms with Crippen molar-refractivity contribution in [1.82, 2.24) is 0 Å². The molecule has 1 saturated carbocycles. The second kappa shape index (κ2) is 4.61. The van der Waals surface area contributed by atoms with Gasteiger partial charge in [0.1, 0.15) is 0 Å². The molecular formula is C10H22BrN. The Bertz CT molecular complexity index is 128. The molecular weight excluding hydrogens is 214 g/mol. The predicted molar refractivity (Wildman–Crippen MR) is 49.4 cm³/mol. The van der Waals surface area contributed by atoms with Crippen molar-refractivity contribution in [1.29, 1.82) is 0 Å². The maximum Gasteiger partial charge on any atom is 0.0809 e. The van der Waals surface area contributed by atoms with Crippen LogP contribution >= 0.6 is 0 Å². The summed E-state index contributed by atoms with van der Waals surface area (Å²) in [7, 11) is 6.88. The Balaban J connectivity index is 0.00000121. The fraction of sp³-hybridized carbons (Fsp3) is 1.00. The minimum atomic E-state index is 0. The Kier molecular flexibility index (Phi) is 4.78. The fourth-order valence-corrected chi connectivity index (χ4v) is 2.27. The van der Waals surface area contributed by atoms with E-state index in [1.807, 2.05) is 0 Å². The molecule has 0 bridgehead atoms. The van der Waals surface area contributed by atoms with Gasteiger partial charge in [0.25, 0.3) is 0 Å². The molecule has 12 heavy (non-hydrogen) atoms. The van der Waals surface area contributed by atoms with E-state index in [4.69, 9.17) is 0 Å². The first-order valence-electron chi connectivity index (χ1n) is 4.78. The van der Waals surface area contributed by atoms with Gasteiger partial charge >= 0.3 is 0 Å². The van der Waals surface area contributed by atoms with E-state index in [0.717, 1.165) is 16.3 Å². The maximum atomic E-state index is 2.38. The van der Waals surface area contributed by atoms with Gasteiger partial charge in [-0.15, -0.1) is 0 Å². The molecule has 1 aliphatic carbocycles. The molecule has 2 unspecified atom stereocenters. The molecule has 1 nitrogen and oxygen atoms in total. The van der Waals surface area contributed by atoms with Crippen LogP contribution in [0.1, 0.15) is 26.2 Å². The molecule has 0 aromatic heterocycles. The van der Waals surface area contributed by atoms with E-state index in [1.165, 1.54) is 25.8 Å². The zero-order valence-electron chi connectivity index (χ0n) is 8.81. The van der Waals surface area contributed by atoms with Crippen LogP contribution < -0.4 is 17.0 Å². The summed E-state index contributed by atoms with van der Waals surface area (Å²) in [5.41, 5.74) is 0. The van der Waals surface area contributed by atoms with Gasteiger partial charge in [-0.2, -0.15) is 0 Å². The summed E-state index contributed by atoms with van der Waals surface area (Å²) in [6, 6.07) is 0. The van der Waals surface area contributed by atoms with Gasteiger partial charge in [-0.25, -0.2) is 0 Å². The predicted octanol–water partition coefficient (Wildman–Crippen LogP) is -0.867. The van der Waals surface area contributed by atoms with E-state index >= 15 is 0 Å². The molecule has 1 fully saturated rings. The minimum Gasteiger partial charge on any atom is -1.00 e. The van der Waals surface area contributed by atoms with Crippen LogP contribution in [0.25, 0.3) is 0 Å². The summed E-state index contributed by atoms with van der Waals surface area (Å²) >= 11 is 0. The molecule has 0 heterocycles. The highest BCUT2D eigenvalue weighted by molar-refractivity contribution is 4.71. The fourth-order valence-electron chi connectivity index (χ4n) is 2.27. The lowest BCUT2D eigenvalue weighted by molar-refractivity contribution is -0.873. The van der Waals surface area contributed by atoms with Crippen LogP contribution in [0, 0.1) is 11.8 Å². The first kappa shape index (κ1) is 12.4. The summed E-state index contributed by atoms with van der Waals surface area (Å²) < 4.78 is 1.14. The quantitative estimate of drug-likeness (QED) is 0.547. The third-order valence-corrected chi connectivity index (χ3v) is 2.61. The lowest BCUT2D eigenvalue weighted by Crippen LogP contribution is -3.00. The van der Waals surface area contributed by atoms with Crippen molar-refractivity contribution >= 4 is 0 Å². The average molecular weight is 236 g/mol. The van der Waals surface area contributed by atoms with Crippen LogP contribution in [0.5, 0.6) is 0 Å². The minimum absolute atomic E-state index is 0. The molecule has 1 aliphatic rings. The number of quaternary nitrogens is 1. The number of halogens is 1.